The summed E-state index contributed by atoms with van der Waals surface area (Å²) in [4.78, 5) is 6.58. The van der Waals surface area contributed by atoms with E-state index >= 15 is 0 Å². The average molecular weight is 232 g/mol. The van der Waals surface area contributed by atoms with Crippen LogP contribution in [0.4, 0.5) is 0 Å². The van der Waals surface area contributed by atoms with E-state index in [1.807, 2.05) is 0 Å². The smallest absolute Gasteiger partial charge is 0.0379 e. The molecule has 18 heavy (non-hydrogen) atoms. The van der Waals surface area contributed by atoms with E-state index in [1.54, 1.807) is 0 Å². The van der Waals surface area contributed by atoms with Crippen LogP contribution in [0.2, 0.25) is 0 Å². The molecule has 0 saturated carbocycles. The summed E-state index contributed by atoms with van der Waals surface area (Å²) in [5.41, 5.74) is 8.75. The molecule has 2 N–H and O–H groups in total. The lowest BCUT2D eigenvalue weighted by atomic mass is 9.63. The van der Waals surface area contributed by atoms with Gasteiger partial charge >= 0.3 is 0 Å². The SMILES string of the molecule is c1ccc2c(c1)C1c3c[nH]cc3C2c2c[nH]cc21. The van der Waals surface area contributed by atoms with Gasteiger partial charge in [-0.3, -0.25) is 0 Å². The van der Waals surface area contributed by atoms with Crippen molar-refractivity contribution in [2.75, 3.05) is 0 Å². The van der Waals surface area contributed by atoms with Crippen molar-refractivity contribution in [3.8, 4) is 0 Å². The van der Waals surface area contributed by atoms with Crippen LogP contribution in [0, 0.1) is 0 Å². The van der Waals surface area contributed by atoms with E-state index in [0.717, 1.165) is 0 Å². The number of hydrogen-bond acceptors (Lipinski definition) is 0. The zero-order valence-corrected chi connectivity index (χ0v) is 9.77. The van der Waals surface area contributed by atoms with Crippen LogP contribution < -0.4 is 0 Å². The first-order valence-electron chi connectivity index (χ1n) is 6.37. The molecule has 0 aliphatic heterocycles. The topological polar surface area (TPSA) is 31.6 Å². The molecule has 0 fully saturated rings. The number of rotatable bonds is 0. The van der Waals surface area contributed by atoms with Crippen molar-refractivity contribution in [3.05, 3.63) is 82.4 Å². The van der Waals surface area contributed by atoms with Gasteiger partial charge in [0, 0.05) is 36.6 Å². The van der Waals surface area contributed by atoms with Gasteiger partial charge in [-0.15, -0.1) is 0 Å². The fourth-order valence-corrected chi connectivity index (χ4v) is 3.82. The highest BCUT2D eigenvalue weighted by Crippen LogP contribution is 2.55. The third-order valence-corrected chi connectivity index (χ3v) is 4.48. The summed E-state index contributed by atoms with van der Waals surface area (Å²) in [6, 6.07) is 8.86. The molecular weight excluding hydrogens is 220 g/mol. The monoisotopic (exact) mass is 232 g/mol. The molecule has 0 spiro atoms. The third-order valence-electron chi connectivity index (χ3n) is 4.48. The van der Waals surface area contributed by atoms with E-state index in [0.29, 0.717) is 11.8 Å². The second-order valence-corrected chi connectivity index (χ2v) is 5.23. The fraction of sp³-hybridized carbons (Fsp3) is 0.125. The predicted molar refractivity (Wildman–Crippen MR) is 69.9 cm³/mol. The van der Waals surface area contributed by atoms with Crippen LogP contribution in [0.1, 0.15) is 45.2 Å². The van der Waals surface area contributed by atoms with Crippen molar-refractivity contribution in [2.45, 2.75) is 11.8 Å². The number of nitrogens with one attached hydrogen (secondary N) is 2. The van der Waals surface area contributed by atoms with Crippen LogP contribution in [-0.2, 0) is 0 Å². The quantitative estimate of drug-likeness (QED) is 0.410. The van der Waals surface area contributed by atoms with Crippen molar-refractivity contribution < 1.29 is 0 Å². The number of aromatic amines is 2. The van der Waals surface area contributed by atoms with E-state index in [9.17, 15) is 0 Å². The van der Waals surface area contributed by atoms with Gasteiger partial charge < -0.3 is 9.97 Å². The van der Waals surface area contributed by atoms with E-state index in [-0.39, 0.29) is 0 Å². The highest BCUT2D eigenvalue weighted by atomic mass is 14.7. The third kappa shape index (κ3) is 0.808. The lowest BCUT2D eigenvalue weighted by molar-refractivity contribution is 0.768. The Morgan fingerprint density at radius 2 is 0.944 bits per heavy atom. The molecular formula is C16H12N2. The molecule has 2 heterocycles. The maximum Gasteiger partial charge on any atom is 0.0379 e. The molecule has 3 aliphatic rings. The van der Waals surface area contributed by atoms with Crippen LogP contribution in [0.5, 0.6) is 0 Å². The Balaban J connectivity index is 1.95. The van der Waals surface area contributed by atoms with Crippen LogP contribution in [0.3, 0.4) is 0 Å². The minimum Gasteiger partial charge on any atom is -0.367 e. The fourth-order valence-electron chi connectivity index (χ4n) is 3.82. The first-order chi connectivity index (χ1) is 8.95. The molecule has 0 atom stereocenters. The second kappa shape index (κ2) is 2.78. The summed E-state index contributed by atoms with van der Waals surface area (Å²) in [5, 5.41) is 0. The first kappa shape index (κ1) is 8.81. The van der Waals surface area contributed by atoms with Gasteiger partial charge in [0.1, 0.15) is 0 Å². The minimum absolute atomic E-state index is 0.411. The van der Waals surface area contributed by atoms with Gasteiger partial charge in [0.05, 0.1) is 0 Å². The van der Waals surface area contributed by atoms with Crippen molar-refractivity contribution in [2.24, 2.45) is 0 Å². The van der Waals surface area contributed by atoms with Gasteiger partial charge in [-0.2, -0.15) is 0 Å². The van der Waals surface area contributed by atoms with Gasteiger partial charge in [-0.1, -0.05) is 24.3 Å². The van der Waals surface area contributed by atoms with Crippen LogP contribution in [-0.4, -0.2) is 9.97 Å². The summed E-state index contributed by atoms with van der Waals surface area (Å²) in [5.74, 6) is 0.822. The molecule has 0 saturated heterocycles. The number of hydrogen-bond donors (Lipinski definition) is 2. The zero-order chi connectivity index (χ0) is 11.7. The van der Waals surface area contributed by atoms with E-state index in [1.165, 1.54) is 33.4 Å². The standard InChI is InChI=1S/C16H12N2/c1-2-4-10-9(3-1)15-11-5-17-7-13(11)16(10)14-8-18-6-12(14)15/h1-8,15-18H. The Hall–Kier alpha value is -2.22. The number of H-pyrrole nitrogens is 2. The average Bonchev–Trinajstić information content (AvgIpc) is 3.07. The molecule has 2 heteroatoms. The maximum atomic E-state index is 3.29. The van der Waals surface area contributed by atoms with E-state index in [2.05, 4.69) is 59.0 Å². The molecule has 3 aliphatic carbocycles. The Morgan fingerprint density at radius 1 is 0.556 bits per heavy atom. The predicted octanol–water partition coefficient (Wildman–Crippen LogP) is 3.33. The van der Waals surface area contributed by atoms with Crippen molar-refractivity contribution in [3.63, 3.8) is 0 Å². The molecule has 86 valence electrons. The highest BCUT2D eigenvalue weighted by Gasteiger charge is 2.41. The summed E-state index contributed by atoms with van der Waals surface area (Å²) >= 11 is 0. The summed E-state index contributed by atoms with van der Waals surface area (Å²) in [6.45, 7) is 0. The highest BCUT2D eigenvalue weighted by molar-refractivity contribution is 5.66. The zero-order valence-electron chi connectivity index (χ0n) is 9.77. The normalized spacial score (nSPS) is 22.4. The first-order valence-corrected chi connectivity index (χ1v) is 6.37. The van der Waals surface area contributed by atoms with E-state index < -0.39 is 0 Å². The summed E-state index contributed by atoms with van der Waals surface area (Å²) in [6.07, 6.45) is 8.66. The van der Waals surface area contributed by atoms with Crippen LogP contribution in [0.25, 0.3) is 0 Å². The lowest BCUT2D eigenvalue weighted by Gasteiger charge is -2.38. The molecule has 2 aromatic heterocycles. The minimum atomic E-state index is 0.411. The van der Waals surface area contributed by atoms with Crippen molar-refractivity contribution in [1.29, 1.82) is 0 Å². The molecule has 1 aromatic carbocycles. The molecule has 2 bridgehead atoms. The number of aromatic nitrogens is 2. The van der Waals surface area contributed by atoms with Gasteiger partial charge in [0.2, 0.25) is 0 Å². The second-order valence-electron chi connectivity index (χ2n) is 5.23. The van der Waals surface area contributed by atoms with Gasteiger partial charge in [-0.05, 0) is 33.4 Å². The Labute approximate surface area is 105 Å². The Bertz CT molecular complexity index is 661. The molecule has 0 radical (unpaired) electrons. The number of benzene rings is 1. The van der Waals surface area contributed by atoms with Crippen LogP contribution in [0.15, 0.2) is 49.1 Å². The van der Waals surface area contributed by atoms with Gasteiger partial charge in [0.15, 0.2) is 0 Å². The van der Waals surface area contributed by atoms with E-state index in [4.69, 9.17) is 0 Å². The lowest BCUT2D eigenvalue weighted by Crippen LogP contribution is -2.24. The van der Waals surface area contributed by atoms with Crippen molar-refractivity contribution in [1.82, 2.24) is 9.97 Å². The maximum absolute atomic E-state index is 3.29. The largest absolute Gasteiger partial charge is 0.367 e. The van der Waals surface area contributed by atoms with Gasteiger partial charge in [-0.25, -0.2) is 0 Å². The Kier molecular flexibility index (Phi) is 1.36. The molecule has 3 aromatic rings. The summed E-state index contributed by atoms with van der Waals surface area (Å²) in [7, 11) is 0. The molecule has 2 nitrogen and oxygen atoms in total. The molecule has 6 rings (SSSR count). The molecule has 0 amide bonds. The van der Waals surface area contributed by atoms with Crippen LogP contribution >= 0.6 is 0 Å². The van der Waals surface area contributed by atoms with Crippen molar-refractivity contribution >= 4 is 0 Å². The Morgan fingerprint density at radius 3 is 1.33 bits per heavy atom. The summed E-state index contributed by atoms with van der Waals surface area (Å²) < 4.78 is 0. The molecule has 0 unspecified atom stereocenters. The van der Waals surface area contributed by atoms with Gasteiger partial charge in [0.25, 0.3) is 0 Å².